The van der Waals surface area contributed by atoms with E-state index in [-0.39, 0.29) is 48.7 Å². The zero-order chi connectivity index (χ0) is 29.3. The number of hydrogen-bond donors (Lipinski definition) is 3. The number of sulfonamides is 1. The van der Waals surface area contributed by atoms with Crippen LogP contribution in [0.25, 0.3) is 0 Å². The van der Waals surface area contributed by atoms with Crippen LogP contribution < -0.4 is 20.5 Å². The van der Waals surface area contributed by atoms with Gasteiger partial charge in [0.2, 0.25) is 15.9 Å². The lowest BCUT2D eigenvalue weighted by Crippen LogP contribution is -2.43. The summed E-state index contributed by atoms with van der Waals surface area (Å²) in [6, 6.07) is 7.84. The van der Waals surface area contributed by atoms with E-state index in [1.807, 2.05) is 0 Å². The van der Waals surface area contributed by atoms with Crippen molar-refractivity contribution in [3.05, 3.63) is 51.9 Å². The first-order valence-corrected chi connectivity index (χ1v) is 18.7. The van der Waals surface area contributed by atoms with Crippen molar-refractivity contribution in [2.24, 2.45) is 0 Å². The first kappa shape index (κ1) is 30.2. The number of anilines is 3. The zero-order valence-electron chi connectivity index (χ0n) is 23.2. The van der Waals surface area contributed by atoms with E-state index in [2.05, 4.69) is 28.0 Å². The molecule has 0 atom stereocenters. The van der Waals surface area contributed by atoms with E-state index in [1.165, 1.54) is 16.7 Å². The Balaban J connectivity index is 1.64. The number of nitrogens with zero attached hydrogens (tertiary/aromatic N) is 2. The molecule has 9 nitrogen and oxygen atoms in total. The summed E-state index contributed by atoms with van der Waals surface area (Å²) in [5.41, 5.74) is 1.44. The summed E-state index contributed by atoms with van der Waals surface area (Å²) < 4.78 is 55.9. The maximum Gasteiger partial charge on any atom is 0.274 e. The molecular formula is C27H38F2N4O5SSi. The van der Waals surface area contributed by atoms with Crippen molar-refractivity contribution in [2.75, 3.05) is 40.4 Å². The van der Waals surface area contributed by atoms with Gasteiger partial charge in [0.1, 0.15) is 5.69 Å². The van der Waals surface area contributed by atoms with Crippen molar-refractivity contribution in [1.82, 2.24) is 4.57 Å². The quantitative estimate of drug-likeness (QED) is 0.388. The summed E-state index contributed by atoms with van der Waals surface area (Å²) in [7, 11) is -5.12. The Morgan fingerprint density at radius 3 is 2.42 bits per heavy atom. The van der Waals surface area contributed by atoms with Crippen molar-refractivity contribution in [3.63, 3.8) is 0 Å². The van der Waals surface area contributed by atoms with Gasteiger partial charge in [-0.1, -0.05) is 13.1 Å². The average molecular weight is 597 g/mol. The van der Waals surface area contributed by atoms with Crippen molar-refractivity contribution < 1.29 is 27.1 Å². The van der Waals surface area contributed by atoms with E-state index in [0.29, 0.717) is 11.3 Å². The predicted molar refractivity (Wildman–Crippen MR) is 156 cm³/mol. The zero-order valence-corrected chi connectivity index (χ0v) is 25.0. The topological polar surface area (TPSA) is 121 Å². The minimum atomic E-state index is -3.77. The number of aliphatic hydroxyl groups is 1. The van der Waals surface area contributed by atoms with Gasteiger partial charge >= 0.3 is 0 Å². The summed E-state index contributed by atoms with van der Waals surface area (Å²) in [5, 5.41) is 11.8. The third kappa shape index (κ3) is 7.29. The highest BCUT2D eigenvalue weighted by Gasteiger charge is 2.36. The first-order valence-electron chi connectivity index (χ1n) is 13.6. The Morgan fingerprint density at radius 2 is 1.80 bits per heavy atom. The van der Waals surface area contributed by atoms with Crippen molar-refractivity contribution in [3.8, 4) is 0 Å². The minimum absolute atomic E-state index is 0.0631. The molecule has 2 heterocycles. The molecule has 0 unspecified atom stereocenters. The molecule has 0 radical (unpaired) electrons. The van der Waals surface area contributed by atoms with Crippen LogP contribution in [-0.2, 0) is 10.0 Å². The van der Waals surface area contributed by atoms with Gasteiger partial charge in [-0.2, -0.15) is 0 Å². The second kappa shape index (κ2) is 11.6. The number of hydrogen-bond acceptors (Lipinski definition) is 6. The SMILES string of the molecule is Cc1cc(NC(=O)c2ccc(NS(=O)(=O)CCO)cc2N2CC[Si](C)(C)CC2)c(=O)n(C2CCC(F)(F)CC2)c1. The maximum atomic E-state index is 13.7. The van der Waals surface area contributed by atoms with E-state index in [1.54, 1.807) is 25.3 Å². The van der Waals surface area contributed by atoms with Crippen LogP contribution in [0.2, 0.25) is 25.2 Å². The molecule has 2 aliphatic rings. The van der Waals surface area contributed by atoms with E-state index >= 15 is 0 Å². The number of carbonyl (C=O) groups excluding carboxylic acids is 1. The predicted octanol–water partition coefficient (Wildman–Crippen LogP) is 4.42. The maximum absolute atomic E-state index is 13.7. The Bertz CT molecular complexity index is 1410. The molecular weight excluding hydrogens is 558 g/mol. The van der Waals surface area contributed by atoms with E-state index in [4.69, 9.17) is 5.11 Å². The van der Waals surface area contributed by atoms with Crippen LogP contribution in [0.3, 0.4) is 0 Å². The monoisotopic (exact) mass is 596 g/mol. The fourth-order valence-corrected chi connectivity index (χ4v) is 8.18. The number of benzene rings is 1. The van der Waals surface area contributed by atoms with Crippen LogP contribution in [0, 0.1) is 6.92 Å². The summed E-state index contributed by atoms with van der Waals surface area (Å²) >= 11 is 0. The molecule has 0 spiro atoms. The van der Waals surface area contributed by atoms with E-state index in [9.17, 15) is 26.8 Å². The van der Waals surface area contributed by atoms with Crippen LogP contribution in [0.15, 0.2) is 35.3 Å². The molecule has 1 aliphatic heterocycles. The number of aryl methyl sites for hydroxylation is 1. The molecule has 0 bridgehead atoms. The van der Waals surface area contributed by atoms with Crippen molar-refractivity contribution >= 4 is 41.1 Å². The number of carbonyl (C=O) groups is 1. The van der Waals surface area contributed by atoms with Gasteiger partial charge in [0.25, 0.3) is 11.5 Å². The van der Waals surface area contributed by atoms with Gasteiger partial charge in [-0.25, -0.2) is 17.2 Å². The number of alkyl halides is 2. The Morgan fingerprint density at radius 1 is 1.15 bits per heavy atom. The highest BCUT2D eigenvalue weighted by molar-refractivity contribution is 7.92. The molecule has 1 aromatic carbocycles. The van der Waals surface area contributed by atoms with Crippen LogP contribution in [0.4, 0.5) is 25.8 Å². The molecule has 40 heavy (non-hydrogen) atoms. The summed E-state index contributed by atoms with van der Waals surface area (Å²) in [6.45, 7) is 7.32. The molecule has 3 N–H and O–H groups in total. The highest BCUT2D eigenvalue weighted by Crippen LogP contribution is 2.38. The second-order valence-electron chi connectivity index (χ2n) is 11.7. The van der Waals surface area contributed by atoms with Gasteiger partial charge in [-0.3, -0.25) is 14.3 Å². The number of nitrogens with one attached hydrogen (secondary N) is 2. The molecule has 13 heteroatoms. The average Bonchev–Trinajstić information content (AvgIpc) is 2.86. The number of rotatable bonds is 8. The molecule has 1 aliphatic carbocycles. The Hall–Kier alpha value is -2.77. The highest BCUT2D eigenvalue weighted by atomic mass is 32.2. The lowest BCUT2D eigenvalue weighted by Gasteiger charge is -2.38. The largest absolute Gasteiger partial charge is 0.395 e. The number of amides is 1. The normalized spacial score (nSPS) is 19.3. The molecule has 1 aromatic heterocycles. The lowest BCUT2D eigenvalue weighted by molar-refractivity contribution is -0.0442. The smallest absolute Gasteiger partial charge is 0.274 e. The molecule has 1 saturated carbocycles. The molecule has 1 amide bonds. The number of halogens is 2. The Kier molecular flexibility index (Phi) is 8.76. The minimum Gasteiger partial charge on any atom is -0.395 e. The van der Waals surface area contributed by atoms with Crippen LogP contribution >= 0.6 is 0 Å². The number of aromatic nitrogens is 1. The standard InChI is InChI=1S/C27H38F2N4O5SSi/c1-19-16-23(26(36)33(18-19)21-6-8-27(28,29)9-7-21)30-25(35)22-5-4-20(31-39(37,38)13-12-34)17-24(22)32-10-14-40(2,3)15-11-32/h4-5,16-18,21,31,34H,6-15H2,1-3H3,(H,30,35). The van der Waals surface area contributed by atoms with Gasteiger partial charge in [0.15, 0.2) is 0 Å². The molecule has 220 valence electrons. The third-order valence-corrected chi connectivity index (χ3v) is 12.3. The summed E-state index contributed by atoms with van der Waals surface area (Å²) in [4.78, 5) is 29.0. The molecule has 4 rings (SSSR count). The Labute approximate surface area is 234 Å². The van der Waals surface area contributed by atoms with Gasteiger partial charge in [0.05, 0.1) is 37.4 Å². The summed E-state index contributed by atoms with van der Waals surface area (Å²) in [5.74, 6) is -3.69. The summed E-state index contributed by atoms with van der Waals surface area (Å²) in [6.07, 6.45) is 1.43. The lowest BCUT2D eigenvalue weighted by atomic mass is 9.92. The number of pyridine rings is 1. The molecule has 2 aromatic rings. The van der Waals surface area contributed by atoms with E-state index in [0.717, 1.165) is 25.2 Å². The third-order valence-electron chi connectivity index (χ3n) is 7.84. The van der Waals surface area contributed by atoms with Crippen LogP contribution in [0.1, 0.15) is 47.6 Å². The van der Waals surface area contributed by atoms with Gasteiger partial charge < -0.3 is 19.9 Å². The number of aliphatic hydroxyl groups excluding tert-OH is 1. The second-order valence-corrected chi connectivity index (χ2v) is 18.9. The fourth-order valence-electron chi connectivity index (χ4n) is 5.35. The van der Waals surface area contributed by atoms with Crippen LogP contribution in [0.5, 0.6) is 0 Å². The van der Waals surface area contributed by atoms with Crippen molar-refractivity contribution in [2.45, 2.75) is 69.8 Å². The van der Waals surface area contributed by atoms with Gasteiger partial charge in [-0.05, 0) is 61.7 Å². The van der Waals surface area contributed by atoms with Gasteiger partial charge in [-0.15, -0.1) is 0 Å². The fraction of sp³-hybridized carbons (Fsp3) is 0.556. The first-order chi connectivity index (χ1) is 18.7. The molecule has 2 fully saturated rings. The molecule has 1 saturated heterocycles. The van der Waals surface area contributed by atoms with E-state index < -0.39 is 47.8 Å². The van der Waals surface area contributed by atoms with Crippen LogP contribution in [-0.4, -0.2) is 63.4 Å². The van der Waals surface area contributed by atoms with Crippen molar-refractivity contribution in [1.29, 1.82) is 0 Å². The van der Waals surface area contributed by atoms with Gasteiger partial charge in [0, 0.05) is 38.2 Å².